The number of hydrogen-bond acceptors (Lipinski definition) is 5. The predicted molar refractivity (Wildman–Crippen MR) is 103 cm³/mol. The van der Waals surface area contributed by atoms with Crippen molar-refractivity contribution >= 4 is 34.8 Å². The molecule has 3 rings (SSSR count). The van der Waals surface area contributed by atoms with Crippen LogP contribution in [-0.4, -0.2) is 31.6 Å². The zero-order chi connectivity index (χ0) is 19.6. The van der Waals surface area contributed by atoms with E-state index in [9.17, 15) is 15.0 Å². The molecule has 1 heterocycles. The number of hydrogen-bond donors (Lipinski definition) is 3. The normalized spacial score (nSPS) is 11.4. The second-order valence-electron chi connectivity index (χ2n) is 5.57. The summed E-state index contributed by atoms with van der Waals surface area (Å²) < 4.78 is 1.38. The first-order valence-electron chi connectivity index (χ1n) is 7.74. The van der Waals surface area contributed by atoms with Gasteiger partial charge in [0.25, 0.3) is 5.91 Å². The number of amides is 1. The van der Waals surface area contributed by atoms with Crippen molar-refractivity contribution in [2.45, 2.75) is 6.92 Å². The summed E-state index contributed by atoms with van der Waals surface area (Å²) in [7, 11) is 0. The van der Waals surface area contributed by atoms with E-state index < -0.39 is 11.8 Å². The lowest BCUT2D eigenvalue weighted by Crippen LogP contribution is -2.19. The van der Waals surface area contributed by atoms with Gasteiger partial charge < -0.3 is 10.2 Å². The molecule has 0 saturated heterocycles. The number of phenolic OH excluding ortho intramolecular Hbond substituents is 1. The molecular formula is C18H14Cl2N4O3. The van der Waals surface area contributed by atoms with E-state index in [0.717, 1.165) is 0 Å². The highest BCUT2D eigenvalue weighted by atomic mass is 35.5. The maximum Gasteiger partial charge on any atom is 0.278 e. The third-order valence-corrected chi connectivity index (χ3v) is 4.21. The molecule has 3 N–H and O–H groups in total. The SMILES string of the molecule is C/C(=N\NC(=O)c1cn(-c2ccccc2)nc1O)c1cc(Cl)cc(Cl)c1O. The average Bonchev–Trinajstić information content (AvgIpc) is 3.05. The highest BCUT2D eigenvalue weighted by Gasteiger charge is 2.17. The molecule has 0 aliphatic heterocycles. The lowest BCUT2D eigenvalue weighted by atomic mass is 10.1. The minimum Gasteiger partial charge on any atom is -0.506 e. The van der Waals surface area contributed by atoms with Crippen LogP contribution in [0.4, 0.5) is 0 Å². The zero-order valence-corrected chi connectivity index (χ0v) is 15.5. The van der Waals surface area contributed by atoms with Gasteiger partial charge in [0, 0.05) is 16.8 Å². The number of nitrogens with one attached hydrogen (secondary N) is 1. The summed E-state index contributed by atoms with van der Waals surface area (Å²) in [4.78, 5) is 12.3. The molecule has 1 aromatic heterocycles. The van der Waals surface area contributed by atoms with Crippen LogP contribution in [-0.2, 0) is 0 Å². The molecule has 0 atom stereocenters. The zero-order valence-electron chi connectivity index (χ0n) is 14.0. The molecule has 0 radical (unpaired) electrons. The Kier molecular flexibility index (Phi) is 5.34. The Balaban J connectivity index is 1.82. The van der Waals surface area contributed by atoms with Crippen LogP contribution < -0.4 is 5.43 Å². The topological polar surface area (TPSA) is 99.7 Å². The van der Waals surface area contributed by atoms with Gasteiger partial charge in [-0.05, 0) is 31.2 Å². The maximum atomic E-state index is 12.3. The molecule has 0 aliphatic carbocycles. The summed E-state index contributed by atoms with van der Waals surface area (Å²) in [6.45, 7) is 1.56. The number of aromatic hydroxyl groups is 2. The minimum absolute atomic E-state index is 0.0521. The van der Waals surface area contributed by atoms with Gasteiger partial charge in [-0.25, -0.2) is 10.1 Å². The molecular weight excluding hydrogens is 391 g/mol. The number of nitrogens with zero attached hydrogens (tertiary/aromatic N) is 3. The van der Waals surface area contributed by atoms with E-state index in [1.54, 1.807) is 19.1 Å². The smallest absolute Gasteiger partial charge is 0.278 e. The summed E-state index contributed by atoms with van der Waals surface area (Å²) in [5.74, 6) is -1.30. The second-order valence-corrected chi connectivity index (χ2v) is 6.41. The minimum atomic E-state index is -0.665. The fraction of sp³-hybridized carbons (Fsp3) is 0.0556. The first-order chi connectivity index (χ1) is 12.9. The van der Waals surface area contributed by atoms with E-state index in [0.29, 0.717) is 10.7 Å². The largest absolute Gasteiger partial charge is 0.506 e. The van der Waals surface area contributed by atoms with E-state index in [4.69, 9.17) is 23.2 Å². The van der Waals surface area contributed by atoms with Crippen molar-refractivity contribution in [2.75, 3.05) is 0 Å². The third kappa shape index (κ3) is 4.05. The van der Waals surface area contributed by atoms with Gasteiger partial charge >= 0.3 is 0 Å². The highest BCUT2D eigenvalue weighted by molar-refractivity contribution is 6.36. The first-order valence-corrected chi connectivity index (χ1v) is 8.49. The number of hydrazone groups is 1. The average molecular weight is 405 g/mol. The Morgan fingerprint density at radius 1 is 1.15 bits per heavy atom. The van der Waals surface area contributed by atoms with Crippen molar-refractivity contribution in [3.8, 4) is 17.3 Å². The van der Waals surface area contributed by atoms with Gasteiger partial charge in [-0.15, -0.1) is 5.10 Å². The molecule has 138 valence electrons. The van der Waals surface area contributed by atoms with Crippen molar-refractivity contribution < 1.29 is 15.0 Å². The summed E-state index contributed by atoms with van der Waals surface area (Å²) in [6.07, 6.45) is 1.39. The van der Waals surface area contributed by atoms with Crippen LogP contribution >= 0.6 is 23.2 Å². The van der Waals surface area contributed by atoms with Gasteiger partial charge in [-0.3, -0.25) is 4.79 Å². The van der Waals surface area contributed by atoms with E-state index >= 15 is 0 Å². The second kappa shape index (κ2) is 7.69. The molecule has 0 spiro atoms. The molecule has 0 aliphatic rings. The van der Waals surface area contributed by atoms with Crippen molar-refractivity contribution in [1.82, 2.24) is 15.2 Å². The maximum absolute atomic E-state index is 12.3. The van der Waals surface area contributed by atoms with E-state index in [2.05, 4.69) is 15.6 Å². The Bertz CT molecular complexity index is 1030. The van der Waals surface area contributed by atoms with Gasteiger partial charge in [0.2, 0.25) is 5.88 Å². The van der Waals surface area contributed by atoms with Crippen LogP contribution in [0.3, 0.4) is 0 Å². The summed E-state index contributed by atoms with van der Waals surface area (Å²) >= 11 is 11.8. The summed E-state index contributed by atoms with van der Waals surface area (Å²) in [5, 5.41) is 28.2. The number of carbonyl (C=O) groups is 1. The van der Waals surface area contributed by atoms with E-state index in [1.807, 2.05) is 18.2 Å². The van der Waals surface area contributed by atoms with Crippen LogP contribution in [0, 0.1) is 0 Å². The lowest BCUT2D eigenvalue weighted by molar-refractivity contribution is 0.0952. The van der Waals surface area contributed by atoms with Gasteiger partial charge in [0.05, 0.1) is 16.4 Å². The Labute approximate surface area is 164 Å². The number of rotatable bonds is 4. The predicted octanol–water partition coefficient (Wildman–Crippen LogP) is 3.74. The van der Waals surface area contributed by atoms with Crippen LogP contribution in [0.15, 0.2) is 53.8 Å². The van der Waals surface area contributed by atoms with Crippen molar-refractivity contribution in [1.29, 1.82) is 0 Å². The fourth-order valence-corrected chi connectivity index (χ4v) is 2.83. The first kappa shape index (κ1) is 18.8. The molecule has 0 bridgehead atoms. The molecule has 0 fully saturated rings. The van der Waals surface area contributed by atoms with Crippen molar-refractivity contribution in [3.05, 3.63) is 69.8 Å². The van der Waals surface area contributed by atoms with Gasteiger partial charge in [0.1, 0.15) is 11.3 Å². The van der Waals surface area contributed by atoms with Crippen LogP contribution in [0.1, 0.15) is 22.8 Å². The quantitative estimate of drug-likeness (QED) is 0.455. The van der Waals surface area contributed by atoms with Crippen molar-refractivity contribution in [3.63, 3.8) is 0 Å². The molecule has 9 heteroatoms. The van der Waals surface area contributed by atoms with Gasteiger partial charge in [-0.2, -0.15) is 5.10 Å². The van der Waals surface area contributed by atoms with Crippen molar-refractivity contribution in [2.24, 2.45) is 5.10 Å². The molecule has 1 amide bonds. The van der Waals surface area contributed by atoms with Gasteiger partial charge in [-0.1, -0.05) is 41.4 Å². The summed E-state index contributed by atoms with van der Waals surface area (Å²) in [6, 6.07) is 11.9. The van der Waals surface area contributed by atoms with Gasteiger partial charge in [0.15, 0.2) is 0 Å². The fourth-order valence-electron chi connectivity index (χ4n) is 2.33. The number of halogens is 2. The number of carbonyl (C=O) groups excluding carboxylic acids is 1. The Morgan fingerprint density at radius 3 is 2.56 bits per heavy atom. The molecule has 0 saturated carbocycles. The highest BCUT2D eigenvalue weighted by Crippen LogP contribution is 2.31. The lowest BCUT2D eigenvalue weighted by Gasteiger charge is -2.07. The molecule has 3 aromatic rings. The van der Waals surface area contributed by atoms with Crippen LogP contribution in [0.5, 0.6) is 11.6 Å². The Hall–Kier alpha value is -3.03. The monoisotopic (exact) mass is 404 g/mol. The van der Waals surface area contributed by atoms with Crippen LogP contribution in [0.25, 0.3) is 5.69 Å². The third-order valence-electron chi connectivity index (χ3n) is 3.70. The summed E-state index contributed by atoms with van der Waals surface area (Å²) in [5.41, 5.74) is 3.49. The number of phenols is 1. The number of benzene rings is 2. The Morgan fingerprint density at radius 2 is 1.85 bits per heavy atom. The number of para-hydroxylation sites is 1. The molecule has 27 heavy (non-hydrogen) atoms. The molecule has 0 unspecified atom stereocenters. The molecule has 2 aromatic carbocycles. The standard InChI is InChI=1S/C18H14Cl2N4O3/c1-10(13-7-11(19)8-15(20)16(13)25)21-22-17(26)14-9-24(23-18(14)27)12-5-3-2-4-6-12/h2-9,25H,1H3,(H,22,26)(H,23,27)/b21-10+. The van der Waals surface area contributed by atoms with Crippen LogP contribution in [0.2, 0.25) is 10.0 Å². The molecule has 7 nitrogen and oxygen atoms in total. The number of aromatic nitrogens is 2. The van der Waals surface area contributed by atoms with E-state index in [-0.39, 0.29) is 27.6 Å². The van der Waals surface area contributed by atoms with E-state index in [1.165, 1.54) is 23.0 Å².